The van der Waals surface area contributed by atoms with Gasteiger partial charge in [-0.1, -0.05) is 53.8 Å². The molecule has 0 bridgehead atoms. The molecule has 236 valence electrons. The van der Waals surface area contributed by atoms with Crippen molar-refractivity contribution in [3.05, 3.63) is 143 Å². The second-order valence-corrected chi connectivity index (χ2v) is 11.4. The van der Waals surface area contributed by atoms with Crippen LogP contribution in [0.15, 0.2) is 106 Å². The fourth-order valence-corrected chi connectivity index (χ4v) is 6.40. The van der Waals surface area contributed by atoms with E-state index in [9.17, 15) is 24.5 Å². The van der Waals surface area contributed by atoms with Crippen molar-refractivity contribution < 1.29 is 24.0 Å². The Kier molecular flexibility index (Phi) is 8.46. The van der Waals surface area contributed by atoms with Crippen molar-refractivity contribution >= 4 is 35.0 Å². The Balaban J connectivity index is 1.55. The van der Waals surface area contributed by atoms with Crippen LogP contribution < -0.4 is 14.9 Å². The first-order valence-corrected chi connectivity index (χ1v) is 15.3. The van der Waals surface area contributed by atoms with E-state index in [1.165, 1.54) is 23.8 Å². The summed E-state index contributed by atoms with van der Waals surface area (Å²) in [7, 11) is 1.28. The van der Waals surface area contributed by atoms with Crippen molar-refractivity contribution in [1.29, 1.82) is 0 Å². The lowest BCUT2D eigenvalue weighted by molar-refractivity contribution is -0.384. The van der Waals surface area contributed by atoms with Gasteiger partial charge in [0.2, 0.25) is 0 Å². The molecule has 2 aromatic heterocycles. The quantitative estimate of drug-likeness (QED) is 0.137. The van der Waals surface area contributed by atoms with Crippen molar-refractivity contribution in [2.24, 2.45) is 4.99 Å². The predicted octanol–water partition coefficient (Wildman–Crippen LogP) is 4.35. The SMILES string of the molecule is CCOC(=O)C1=C(C)N=c2sc(=Cc3cn(-c4ccccc4)nc3-c3cccc([N+](=O)[O-])c3)c(=O)n2C1c1ccc(C(=O)OC)cc1. The molecule has 3 aromatic carbocycles. The van der Waals surface area contributed by atoms with Crippen LogP contribution in [0.25, 0.3) is 23.0 Å². The Morgan fingerprint density at radius 1 is 1.04 bits per heavy atom. The average molecular weight is 650 g/mol. The summed E-state index contributed by atoms with van der Waals surface area (Å²) in [5, 5.41) is 16.3. The highest BCUT2D eigenvalue weighted by Crippen LogP contribution is 2.31. The van der Waals surface area contributed by atoms with Crippen LogP contribution in [-0.2, 0) is 14.3 Å². The van der Waals surface area contributed by atoms with Gasteiger partial charge in [0.1, 0.15) is 5.69 Å². The lowest BCUT2D eigenvalue weighted by atomic mass is 9.95. The second-order valence-electron chi connectivity index (χ2n) is 10.4. The van der Waals surface area contributed by atoms with E-state index in [1.807, 2.05) is 30.3 Å². The molecule has 0 N–H and O–H groups in total. The highest BCUT2D eigenvalue weighted by atomic mass is 32.1. The number of ether oxygens (including phenoxy) is 2. The summed E-state index contributed by atoms with van der Waals surface area (Å²) < 4.78 is 13.6. The summed E-state index contributed by atoms with van der Waals surface area (Å²) in [5.41, 5.74) is 3.19. The van der Waals surface area contributed by atoms with Crippen molar-refractivity contribution in [2.75, 3.05) is 13.7 Å². The second kappa shape index (κ2) is 12.8. The molecule has 0 fully saturated rings. The third-order valence-corrected chi connectivity index (χ3v) is 8.53. The normalized spacial score (nSPS) is 14.4. The third-order valence-electron chi connectivity index (χ3n) is 7.54. The van der Waals surface area contributed by atoms with Gasteiger partial charge < -0.3 is 9.47 Å². The van der Waals surface area contributed by atoms with Gasteiger partial charge in [-0.15, -0.1) is 0 Å². The molecule has 1 unspecified atom stereocenters. The van der Waals surface area contributed by atoms with Gasteiger partial charge in [0.15, 0.2) is 4.80 Å². The van der Waals surface area contributed by atoms with E-state index in [1.54, 1.807) is 67.2 Å². The number of hydrogen-bond donors (Lipinski definition) is 0. The number of nitrogens with zero attached hydrogens (tertiary/aromatic N) is 5. The number of non-ortho nitro benzene ring substituents is 1. The molecule has 1 aliphatic heterocycles. The molecular formula is C34H27N5O7S. The Bertz CT molecular complexity index is 2250. The number of carbonyl (C=O) groups is 2. The van der Waals surface area contributed by atoms with Crippen molar-refractivity contribution in [2.45, 2.75) is 19.9 Å². The molecule has 1 atom stereocenters. The molecule has 0 radical (unpaired) electrons. The van der Waals surface area contributed by atoms with Crippen LogP contribution in [-0.4, -0.2) is 44.9 Å². The Morgan fingerprint density at radius 3 is 2.47 bits per heavy atom. The number of carbonyl (C=O) groups excluding carboxylic acids is 2. The Morgan fingerprint density at radius 2 is 1.79 bits per heavy atom. The summed E-state index contributed by atoms with van der Waals surface area (Å²) in [6, 6.07) is 21.1. The monoisotopic (exact) mass is 649 g/mol. The first kappa shape index (κ1) is 31.0. The van der Waals surface area contributed by atoms with E-state index in [0.717, 1.165) is 17.0 Å². The zero-order valence-electron chi connectivity index (χ0n) is 25.4. The van der Waals surface area contributed by atoms with Crippen LogP contribution in [0.1, 0.15) is 41.4 Å². The molecule has 13 heteroatoms. The number of nitro groups is 1. The first-order valence-electron chi connectivity index (χ1n) is 14.5. The van der Waals surface area contributed by atoms with Crippen LogP contribution >= 0.6 is 11.3 Å². The molecule has 5 aromatic rings. The van der Waals surface area contributed by atoms with Gasteiger partial charge in [-0.05, 0) is 49.8 Å². The number of fused-ring (bicyclic) bond motifs is 1. The smallest absolute Gasteiger partial charge is 0.338 e. The minimum Gasteiger partial charge on any atom is -0.465 e. The lowest BCUT2D eigenvalue weighted by Crippen LogP contribution is -2.40. The van der Waals surface area contributed by atoms with Crippen LogP contribution in [0, 0.1) is 10.1 Å². The largest absolute Gasteiger partial charge is 0.465 e. The van der Waals surface area contributed by atoms with Gasteiger partial charge in [0.05, 0.1) is 51.7 Å². The summed E-state index contributed by atoms with van der Waals surface area (Å²) in [4.78, 5) is 55.7. The Labute approximate surface area is 271 Å². The number of esters is 2. The van der Waals surface area contributed by atoms with E-state index < -0.39 is 28.5 Å². The molecule has 0 spiro atoms. The molecule has 0 saturated carbocycles. The number of benzene rings is 3. The molecule has 47 heavy (non-hydrogen) atoms. The average Bonchev–Trinajstić information content (AvgIpc) is 3.64. The number of allylic oxidation sites excluding steroid dienone is 1. The lowest BCUT2D eigenvalue weighted by Gasteiger charge is -2.24. The summed E-state index contributed by atoms with van der Waals surface area (Å²) in [6.07, 6.45) is 3.42. The molecule has 3 heterocycles. The maximum absolute atomic E-state index is 14.2. The van der Waals surface area contributed by atoms with Gasteiger partial charge >= 0.3 is 11.9 Å². The number of rotatable bonds is 8. The third kappa shape index (κ3) is 5.91. The maximum Gasteiger partial charge on any atom is 0.338 e. The van der Waals surface area contributed by atoms with Gasteiger partial charge in [-0.2, -0.15) is 5.10 Å². The zero-order chi connectivity index (χ0) is 33.2. The predicted molar refractivity (Wildman–Crippen MR) is 174 cm³/mol. The van der Waals surface area contributed by atoms with Gasteiger partial charge in [-0.25, -0.2) is 19.3 Å². The minimum absolute atomic E-state index is 0.0951. The fraction of sp³-hybridized carbons (Fsp3) is 0.147. The molecule has 6 rings (SSSR count). The van der Waals surface area contributed by atoms with E-state index in [2.05, 4.69) is 4.99 Å². The number of aromatic nitrogens is 3. The fourth-order valence-electron chi connectivity index (χ4n) is 5.36. The molecule has 0 amide bonds. The van der Waals surface area contributed by atoms with E-state index in [-0.39, 0.29) is 17.9 Å². The van der Waals surface area contributed by atoms with Crippen LogP contribution in [0.4, 0.5) is 5.69 Å². The topological polar surface area (TPSA) is 148 Å². The van der Waals surface area contributed by atoms with Gasteiger partial charge in [0, 0.05) is 29.5 Å². The number of thiazole rings is 1. The molecule has 0 aliphatic carbocycles. The summed E-state index contributed by atoms with van der Waals surface area (Å²) in [5.74, 6) is -1.13. The Hall–Kier alpha value is -5.95. The van der Waals surface area contributed by atoms with Crippen LogP contribution in [0.5, 0.6) is 0 Å². The minimum atomic E-state index is -0.887. The van der Waals surface area contributed by atoms with Gasteiger partial charge in [0.25, 0.3) is 11.2 Å². The number of nitro benzene ring substituents is 1. The standard InChI is InChI=1S/C34H27N5O7S/c1-4-46-33(42)28-20(2)35-34-38(30(28)21-13-15-22(16-14-21)32(41)45-3)31(40)27(47-34)18-24-19-37(25-10-6-5-7-11-25)36-29(24)23-9-8-12-26(17-23)39(43)44/h5-19,30H,4H2,1-3H3. The highest BCUT2D eigenvalue weighted by molar-refractivity contribution is 7.07. The van der Waals surface area contributed by atoms with Crippen molar-refractivity contribution in [3.8, 4) is 16.9 Å². The molecule has 0 saturated heterocycles. The number of para-hydroxylation sites is 1. The zero-order valence-corrected chi connectivity index (χ0v) is 26.3. The molecule has 12 nitrogen and oxygen atoms in total. The first-order chi connectivity index (χ1) is 22.7. The van der Waals surface area contributed by atoms with E-state index in [0.29, 0.717) is 43.0 Å². The summed E-state index contributed by atoms with van der Waals surface area (Å²) in [6.45, 7) is 3.50. The van der Waals surface area contributed by atoms with E-state index in [4.69, 9.17) is 14.6 Å². The molecule has 1 aliphatic rings. The van der Waals surface area contributed by atoms with Gasteiger partial charge in [-0.3, -0.25) is 19.5 Å². The van der Waals surface area contributed by atoms with Crippen LogP contribution in [0.3, 0.4) is 0 Å². The summed E-state index contributed by atoms with van der Waals surface area (Å²) >= 11 is 1.14. The maximum atomic E-state index is 14.2. The number of hydrogen-bond acceptors (Lipinski definition) is 10. The molecular weight excluding hydrogens is 622 g/mol. The highest BCUT2D eigenvalue weighted by Gasteiger charge is 2.33. The van der Waals surface area contributed by atoms with Crippen LogP contribution in [0.2, 0.25) is 0 Å². The van der Waals surface area contributed by atoms with Crippen molar-refractivity contribution in [3.63, 3.8) is 0 Å². The van der Waals surface area contributed by atoms with E-state index >= 15 is 0 Å². The number of methoxy groups -OCH3 is 1. The van der Waals surface area contributed by atoms with Crippen molar-refractivity contribution in [1.82, 2.24) is 14.3 Å².